The molecule has 0 spiro atoms. The molecule has 2 aromatic rings. The highest BCUT2D eigenvalue weighted by Gasteiger charge is 2.37. The summed E-state index contributed by atoms with van der Waals surface area (Å²) >= 11 is 0. The normalized spacial score (nSPS) is 15.6. The monoisotopic (exact) mass is 384 g/mol. The minimum Gasteiger partial charge on any atom is -0.493 e. The quantitative estimate of drug-likeness (QED) is 0.833. The van der Waals surface area contributed by atoms with Gasteiger partial charge in [-0.2, -0.15) is 0 Å². The molecule has 1 amide bonds. The Kier molecular flexibility index (Phi) is 4.15. The lowest BCUT2D eigenvalue weighted by Gasteiger charge is -2.27. The molecule has 0 fully saturated rings. The lowest BCUT2D eigenvalue weighted by atomic mass is 10.0. The molecule has 0 bridgehead atoms. The first-order chi connectivity index (χ1) is 12.1. The van der Waals surface area contributed by atoms with Gasteiger partial charge in [0.05, 0.1) is 10.6 Å². The van der Waals surface area contributed by atoms with Crippen LogP contribution in [-0.2, 0) is 14.8 Å². The van der Waals surface area contributed by atoms with Gasteiger partial charge in [-0.25, -0.2) is 25.9 Å². The van der Waals surface area contributed by atoms with Crippen molar-refractivity contribution in [3.8, 4) is 0 Å². The lowest BCUT2D eigenvalue weighted by Crippen LogP contribution is -2.34. The van der Waals surface area contributed by atoms with Gasteiger partial charge in [0.1, 0.15) is 23.0 Å². The Labute approximate surface area is 146 Å². The number of sulfonamides is 1. The van der Waals surface area contributed by atoms with E-state index < -0.39 is 55.4 Å². The van der Waals surface area contributed by atoms with Crippen molar-refractivity contribution >= 4 is 27.2 Å². The fourth-order valence-corrected chi connectivity index (χ4v) is 3.75. The van der Waals surface area contributed by atoms with E-state index in [0.717, 1.165) is 37.4 Å². The fourth-order valence-electron chi connectivity index (χ4n) is 2.46. The van der Waals surface area contributed by atoms with Crippen LogP contribution in [0.5, 0.6) is 0 Å². The fraction of sp³-hybridized carbons (Fsp3) is 0.0625. The molecule has 3 rings (SSSR count). The molecule has 0 saturated carbocycles. The van der Waals surface area contributed by atoms with E-state index in [9.17, 15) is 31.5 Å². The number of benzene rings is 2. The van der Waals surface area contributed by atoms with Gasteiger partial charge in [0.15, 0.2) is 0 Å². The maximum Gasteiger partial charge on any atom is 0.266 e. The molecule has 0 saturated heterocycles. The Morgan fingerprint density at radius 3 is 2.35 bits per heavy atom. The third-order valence-electron chi connectivity index (χ3n) is 3.78. The largest absolute Gasteiger partial charge is 0.493 e. The van der Waals surface area contributed by atoms with Crippen molar-refractivity contribution in [2.24, 2.45) is 0 Å². The smallest absolute Gasteiger partial charge is 0.266 e. The molecule has 0 aromatic heterocycles. The molecule has 26 heavy (non-hydrogen) atoms. The number of hydrogen-bond donors (Lipinski definition) is 2. The molecule has 0 aliphatic carbocycles. The number of amides is 1. The van der Waals surface area contributed by atoms with E-state index in [2.05, 4.69) is 5.32 Å². The Morgan fingerprint density at radius 2 is 1.69 bits per heavy atom. The van der Waals surface area contributed by atoms with Gasteiger partial charge in [-0.3, -0.25) is 4.79 Å². The van der Waals surface area contributed by atoms with Crippen LogP contribution in [0.3, 0.4) is 0 Å². The molecule has 2 aromatic carbocycles. The van der Waals surface area contributed by atoms with Gasteiger partial charge in [0, 0.05) is 18.7 Å². The molecular weight excluding hydrogens is 373 g/mol. The van der Waals surface area contributed by atoms with E-state index >= 15 is 0 Å². The molecule has 2 N–H and O–H groups in total. The Balaban J connectivity index is 2.12. The highest BCUT2D eigenvalue weighted by atomic mass is 32.2. The number of halogens is 3. The molecule has 0 unspecified atom stereocenters. The second-order valence-electron chi connectivity index (χ2n) is 5.39. The van der Waals surface area contributed by atoms with Crippen LogP contribution >= 0.6 is 0 Å². The topological polar surface area (TPSA) is 86.7 Å². The number of aliphatic hydroxyl groups is 1. The average Bonchev–Trinajstić information content (AvgIpc) is 2.55. The molecule has 1 aliphatic heterocycles. The summed E-state index contributed by atoms with van der Waals surface area (Å²) in [5.41, 5.74) is -1.34. The summed E-state index contributed by atoms with van der Waals surface area (Å²) in [5.74, 6) is -4.83. The third kappa shape index (κ3) is 2.77. The second-order valence-corrected chi connectivity index (χ2v) is 7.33. The molecule has 10 heteroatoms. The van der Waals surface area contributed by atoms with Crippen molar-refractivity contribution in [2.75, 3.05) is 12.4 Å². The SMILES string of the molecule is CN1C(O)=C(C(=O)Nc2ccc(F)cc2F)c2cc(F)ccc2S1(=O)=O. The van der Waals surface area contributed by atoms with Crippen LogP contribution in [0.25, 0.3) is 5.57 Å². The summed E-state index contributed by atoms with van der Waals surface area (Å²) in [4.78, 5) is 12.1. The van der Waals surface area contributed by atoms with E-state index in [0.29, 0.717) is 10.4 Å². The van der Waals surface area contributed by atoms with Crippen LogP contribution in [0.1, 0.15) is 5.56 Å². The van der Waals surface area contributed by atoms with Crippen molar-refractivity contribution in [3.05, 3.63) is 65.3 Å². The second kappa shape index (κ2) is 6.06. The molecule has 6 nitrogen and oxygen atoms in total. The zero-order chi connectivity index (χ0) is 19.2. The first-order valence-electron chi connectivity index (χ1n) is 7.11. The number of carbonyl (C=O) groups is 1. The van der Waals surface area contributed by atoms with Gasteiger partial charge >= 0.3 is 0 Å². The van der Waals surface area contributed by atoms with E-state index in [4.69, 9.17) is 0 Å². The molecule has 1 heterocycles. The first-order valence-corrected chi connectivity index (χ1v) is 8.55. The number of rotatable bonds is 2. The standard InChI is InChI=1S/C16H11F3N2O4S/c1-21-16(23)14(10-6-8(17)3-5-13(10)26(21,24)25)15(22)20-12-4-2-9(18)7-11(12)19/h2-7,23H,1H3,(H,20,22). The van der Waals surface area contributed by atoms with Crippen molar-refractivity contribution < 1.29 is 31.5 Å². The number of nitrogens with zero attached hydrogens (tertiary/aromatic N) is 1. The average molecular weight is 384 g/mol. The summed E-state index contributed by atoms with van der Waals surface area (Å²) in [6, 6.07) is 5.01. The van der Waals surface area contributed by atoms with Crippen LogP contribution in [0.4, 0.5) is 18.9 Å². The zero-order valence-electron chi connectivity index (χ0n) is 13.1. The molecule has 0 atom stereocenters. The number of carbonyl (C=O) groups excluding carboxylic acids is 1. The molecule has 0 radical (unpaired) electrons. The lowest BCUT2D eigenvalue weighted by molar-refractivity contribution is -0.111. The number of anilines is 1. The van der Waals surface area contributed by atoms with Crippen LogP contribution in [0.15, 0.2) is 47.2 Å². The maximum absolute atomic E-state index is 13.7. The predicted molar refractivity (Wildman–Crippen MR) is 85.9 cm³/mol. The Hall–Kier alpha value is -3.01. The van der Waals surface area contributed by atoms with Gasteiger partial charge in [0.25, 0.3) is 15.9 Å². The van der Waals surface area contributed by atoms with E-state index in [-0.39, 0.29) is 5.56 Å². The molecular formula is C16H11F3N2O4S. The Bertz CT molecular complexity index is 1070. The first kappa shape index (κ1) is 17.8. The third-order valence-corrected chi connectivity index (χ3v) is 5.58. The van der Waals surface area contributed by atoms with E-state index in [1.807, 2.05) is 0 Å². The summed E-state index contributed by atoms with van der Waals surface area (Å²) in [6.07, 6.45) is 0. The van der Waals surface area contributed by atoms with Gasteiger partial charge in [-0.1, -0.05) is 0 Å². The van der Waals surface area contributed by atoms with Gasteiger partial charge in [-0.15, -0.1) is 0 Å². The molecule has 1 aliphatic rings. The highest BCUT2D eigenvalue weighted by molar-refractivity contribution is 7.89. The van der Waals surface area contributed by atoms with Crippen molar-refractivity contribution in [2.45, 2.75) is 4.90 Å². The maximum atomic E-state index is 13.7. The van der Waals surface area contributed by atoms with Crippen LogP contribution < -0.4 is 5.32 Å². The number of nitrogens with one attached hydrogen (secondary N) is 1. The van der Waals surface area contributed by atoms with E-state index in [1.165, 1.54) is 0 Å². The summed E-state index contributed by atoms with van der Waals surface area (Å²) in [5, 5.41) is 12.3. The number of fused-ring (bicyclic) bond motifs is 1. The van der Waals surface area contributed by atoms with Crippen molar-refractivity contribution in [1.82, 2.24) is 4.31 Å². The minimum atomic E-state index is -4.18. The summed E-state index contributed by atoms with van der Waals surface area (Å²) in [7, 11) is -3.18. The number of aliphatic hydroxyl groups excluding tert-OH is 1. The summed E-state index contributed by atoms with van der Waals surface area (Å²) in [6.45, 7) is 0. The Morgan fingerprint density at radius 1 is 1.08 bits per heavy atom. The van der Waals surface area contributed by atoms with E-state index in [1.54, 1.807) is 0 Å². The van der Waals surface area contributed by atoms with Crippen LogP contribution in [0.2, 0.25) is 0 Å². The zero-order valence-corrected chi connectivity index (χ0v) is 13.9. The van der Waals surface area contributed by atoms with Crippen molar-refractivity contribution in [1.29, 1.82) is 0 Å². The van der Waals surface area contributed by atoms with Gasteiger partial charge < -0.3 is 10.4 Å². The molecule has 136 valence electrons. The predicted octanol–water partition coefficient (Wildman–Crippen LogP) is 2.60. The minimum absolute atomic E-state index is 0.374. The van der Waals surface area contributed by atoms with Gasteiger partial charge in [-0.05, 0) is 30.3 Å². The van der Waals surface area contributed by atoms with Crippen molar-refractivity contribution in [3.63, 3.8) is 0 Å². The van der Waals surface area contributed by atoms with Crippen LogP contribution in [0, 0.1) is 17.5 Å². The summed E-state index contributed by atoms with van der Waals surface area (Å²) < 4.78 is 65.4. The number of hydrogen-bond acceptors (Lipinski definition) is 4. The van der Waals surface area contributed by atoms with Crippen LogP contribution in [-0.4, -0.2) is 30.8 Å². The highest BCUT2D eigenvalue weighted by Crippen LogP contribution is 2.36. The van der Waals surface area contributed by atoms with Gasteiger partial charge in [0.2, 0.25) is 5.88 Å².